The maximum Gasteiger partial charge on any atom is 0.285 e. The summed E-state index contributed by atoms with van der Waals surface area (Å²) in [5.41, 5.74) is 1.18. The maximum absolute atomic E-state index is 13.0. The first kappa shape index (κ1) is 24.1. The normalized spacial score (nSPS) is 13.1. The second-order valence-electron chi connectivity index (χ2n) is 7.34. The summed E-state index contributed by atoms with van der Waals surface area (Å²) in [7, 11) is 4.96. The number of ether oxygens (including phenoxy) is 3. The highest BCUT2D eigenvalue weighted by molar-refractivity contribution is 5.15. The Bertz CT molecular complexity index is 463. The van der Waals surface area contributed by atoms with Gasteiger partial charge in [0.2, 0.25) is 0 Å². The predicted octanol–water partition coefficient (Wildman–Crippen LogP) is 6.50. The Labute approximate surface area is 165 Å². The summed E-state index contributed by atoms with van der Waals surface area (Å²) in [6.45, 7) is 2.24. The standard InChI is InChI=1S/C23H39FO3/c1-5-6-7-8-9-10-14-21(23(25-2,26-3)27-4)15-12-11-13-20-16-18-22(24)19-17-20/h16-19,21H,5-15H2,1-4H3. The molecule has 0 spiro atoms. The van der Waals surface area contributed by atoms with Gasteiger partial charge >= 0.3 is 0 Å². The molecule has 1 rings (SSSR count). The van der Waals surface area contributed by atoms with Crippen molar-refractivity contribution in [1.29, 1.82) is 0 Å². The van der Waals surface area contributed by atoms with E-state index in [0.717, 1.165) is 32.1 Å². The van der Waals surface area contributed by atoms with Crippen molar-refractivity contribution in [2.75, 3.05) is 21.3 Å². The van der Waals surface area contributed by atoms with Crippen LogP contribution in [0.3, 0.4) is 0 Å². The molecule has 27 heavy (non-hydrogen) atoms. The topological polar surface area (TPSA) is 27.7 Å². The van der Waals surface area contributed by atoms with Crippen LogP contribution in [0.15, 0.2) is 24.3 Å². The lowest BCUT2D eigenvalue weighted by Gasteiger charge is -2.36. The Balaban J connectivity index is 2.48. The van der Waals surface area contributed by atoms with Gasteiger partial charge in [0.25, 0.3) is 5.97 Å². The van der Waals surface area contributed by atoms with Crippen LogP contribution < -0.4 is 0 Å². The monoisotopic (exact) mass is 382 g/mol. The molecule has 3 nitrogen and oxygen atoms in total. The summed E-state index contributed by atoms with van der Waals surface area (Å²) >= 11 is 0. The Morgan fingerprint density at radius 3 is 1.85 bits per heavy atom. The van der Waals surface area contributed by atoms with Crippen molar-refractivity contribution in [3.8, 4) is 0 Å². The second-order valence-corrected chi connectivity index (χ2v) is 7.34. The molecule has 0 N–H and O–H groups in total. The van der Waals surface area contributed by atoms with Crippen LogP contribution in [0.4, 0.5) is 4.39 Å². The number of hydrogen-bond acceptors (Lipinski definition) is 3. The van der Waals surface area contributed by atoms with Gasteiger partial charge in [-0.25, -0.2) is 4.39 Å². The van der Waals surface area contributed by atoms with Gasteiger partial charge in [-0.3, -0.25) is 0 Å². The predicted molar refractivity (Wildman–Crippen MR) is 109 cm³/mol. The molecule has 1 aromatic carbocycles. The molecule has 1 aromatic rings. The lowest BCUT2D eigenvalue weighted by Crippen LogP contribution is -2.44. The molecule has 0 saturated carbocycles. The van der Waals surface area contributed by atoms with Gasteiger partial charge in [-0.1, -0.05) is 64.0 Å². The van der Waals surface area contributed by atoms with Crippen LogP contribution in [0.1, 0.15) is 76.7 Å². The van der Waals surface area contributed by atoms with Crippen LogP contribution in [0.2, 0.25) is 0 Å². The molecular weight excluding hydrogens is 343 g/mol. The molecule has 0 aliphatic carbocycles. The van der Waals surface area contributed by atoms with Crippen LogP contribution in [0.5, 0.6) is 0 Å². The van der Waals surface area contributed by atoms with E-state index in [1.54, 1.807) is 21.3 Å². The summed E-state index contributed by atoms with van der Waals surface area (Å²) in [5.74, 6) is -0.932. The first-order chi connectivity index (χ1) is 13.1. The van der Waals surface area contributed by atoms with Crippen LogP contribution in [-0.2, 0) is 20.6 Å². The molecule has 0 amide bonds. The van der Waals surface area contributed by atoms with E-state index in [-0.39, 0.29) is 11.7 Å². The Morgan fingerprint density at radius 2 is 1.30 bits per heavy atom. The minimum absolute atomic E-state index is 0.178. The smallest absolute Gasteiger partial charge is 0.285 e. The molecule has 0 aromatic heterocycles. The Hall–Kier alpha value is -0.970. The number of rotatable bonds is 16. The third kappa shape index (κ3) is 8.71. The highest BCUT2D eigenvalue weighted by Gasteiger charge is 2.39. The molecule has 1 atom stereocenters. The molecule has 4 heteroatoms. The fourth-order valence-corrected chi connectivity index (χ4v) is 3.79. The first-order valence-electron chi connectivity index (χ1n) is 10.5. The average Bonchev–Trinajstić information content (AvgIpc) is 2.70. The summed E-state index contributed by atoms with van der Waals surface area (Å²) in [4.78, 5) is 0. The number of hydrogen-bond donors (Lipinski definition) is 0. The molecular formula is C23H39FO3. The van der Waals surface area contributed by atoms with E-state index in [4.69, 9.17) is 14.2 Å². The largest absolute Gasteiger partial charge is 0.331 e. The van der Waals surface area contributed by atoms with E-state index >= 15 is 0 Å². The molecule has 0 aliphatic rings. The van der Waals surface area contributed by atoms with E-state index in [2.05, 4.69) is 6.92 Å². The van der Waals surface area contributed by atoms with Gasteiger partial charge in [-0.15, -0.1) is 0 Å². The summed E-state index contributed by atoms with van der Waals surface area (Å²) in [6.07, 6.45) is 12.8. The number of aryl methyl sites for hydroxylation is 1. The van der Waals surface area contributed by atoms with Crippen molar-refractivity contribution in [3.63, 3.8) is 0 Å². The number of unbranched alkanes of at least 4 members (excludes halogenated alkanes) is 6. The lowest BCUT2D eigenvalue weighted by molar-refractivity contribution is -0.380. The van der Waals surface area contributed by atoms with Crippen molar-refractivity contribution in [2.24, 2.45) is 5.92 Å². The van der Waals surface area contributed by atoms with Crippen LogP contribution >= 0.6 is 0 Å². The summed E-state index contributed by atoms with van der Waals surface area (Å²) < 4.78 is 29.9. The molecule has 0 saturated heterocycles. The van der Waals surface area contributed by atoms with Gasteiger partial charge in [0.05, 0.1) is 0 Å². The van der Waals surface area contributed by atoms with Crippen molar-refractivity contribution in [3.05, 3.63) is 35.6 Å². The third-order valence-electron chi connectivity index (χ3n) is 5.44. The highest BCUT2D eigenvalue weighted by atomic mass is 19.1. The minimum Gasteiger partial charge on any atom is -0.331 e. The van der Waals surface area contributed by atoms with Crippen molar-refractivity contribution < 1.29 is 18.6 Å². The van der Waals surface area contributed by atoms with Gasteiger partial charge in [0.1, 0.15) is 5.82 Å². The molecule has 0 bridgehead atoms. The third-order valence-corrected chi connectivity index (χ3v) is 5.44. The molecule has 0 heterocycles. The lowest BCUT2D eigenvalue weighted by atomic mass is 9.91. The van der Waals surface area contributed by atoms with Crippen LogP contribution in [0, 0.1) is 11.7 Å². The zero-order valence-electron chi connectivity index (χ0n) is 17.8. The molecule has 1 unspecified atom stereocenters. The van der Waals surface area contributed by atoms with E-state index in [1.807, 2.05) is 12.1 Å². The van der Waals surface area contributed by atoms with Gasteiger partial charge < -0.3 is 14.2 Å². The quantitative estimate of drug-likeness (QED) is 0.241. The van der Waals surface area contributed by atoms with Crippen molar-refractivity contribution >= 4 is 0 Å². The zero-order valence-corrected chi connectivity index (χ0v) is 17.8. The van der Waals surface area contributed by atoms with Gasteiger partial charge in [-0.05, 0) is 43.4 Å². The Morgan fingerprint density at radius 1 is 0.778 bits per heavy atom. The van der Waals surface area contributed by atoms with Gasteiger partial charge in [0.15, 0.2) is 0 Å². The number of benzene rings is 1. The van der Waals surface area contributed by atoms with Crippen molar-refractivity contribution in [1.82, 2.24) is 0 Å². The first-order valence-corrected chi connectivity index (χ1v) is 10.5. The molecule has 0 fully saturated rings. The molecule has 156 valence electrons. The van der Waals surface area contributed by atoms with E-state index in [9.17, 15) is 4.39 Å². The second kappa shape index (κ2) is 14.1. The fourth-order valence-electron chi connectivity index (χ4n) is 3.79. The van der Waals surface area contributed by atoms with E-state index in [0.29, 0.717) is 0 Å². The number of methoxy groups -OCH3 is 3. The maximum atomic E-state index is 13.0. The number of halogens is 1. The van der Waals surface area contributed by atoms with Crippen LogP contribution in [0.25, 0.3) is 0 Å². The molecule has 0 aliphatic heterocycles. The van der Waals surface area contributed by atoms with Crippen molar-refractivity contribution in [2.45, 2.75) is 83.5 Å². The van der Waals surface area contributed by atoms with E-state index < -0.39 is 5.97 Å². The SMILES string of the molecule is CCCCCCCCC(CCCCc1ccc(F)cc1)C(OC)(OC)OC. The van der Waals surface area contributed by atoms with E-state index in [1.165, 1.54) is 56.2 Å². The summed E-state index contributed by atoms with van der Waals surface area (Å²) in [6, 6.07) is 6.80. The highest BCUT2D eigenvalue weighted by Crippen LogP contribution is 2.33. The van der Waals surface area contributed by atoms with Gasteiger partial charge in [0, 0.05) is 27.2 Å². The average molecular weight is 383 g/mol. The molecule has 0 radical (unpaired) electrons. The fraction of sp³-hybridized carbons (Fsp3) is 0.739. The van der Waals surface area contributed by atoms with Gasteiger partial charge in [-0.2, -0.15) is 0 Å². The van der Waals surface area contributed by atoms with Crippen LogP contribution in [-0.4, -0.2) is 27.3 Å². The Kier molecular flexibility index (Phi) is 12.6. The zero-order chi connectivity index (χ0) is 20.0. The minimum atomic E-state index is -0.959. The summed E-state index contributed by atoms with van der Waals surface area (Å²) in [5, 5.41) is 0.